The van der Waals surface area contributed by atoms with Crippen LogP contribution in [0.2, 0.25) is 0 Å². The van der Waals surface area contributed by atoms with Crippen molar-refractivity contribution in [2.75, 3.05) is 6.54 Å². The largest absolute Gasteiger partial charge is 0.468 e. The van der Waals surface area contributed by atoms with Crippen LogP contribution in [0, 0.1) is 6.92 Å². The van der Waals surface area contributed by atoms with Crippen molar-refractivity contribution in [3.63, 3.8) is 0 Å². The number of benzene rings is 1. The standard InChI is InChI=1S/C17H22N2O/c1-13-4-2-5-14(10-13)17(11-18)19(15-7-8-15)12-16-6-3-9-20-16/h2-6,9-10,15,17H,7-8,11-12,18H2,1H3. The number of nitrogens with zero attached hydrogens (tertiary/aromatic N) is 1. The van der Waals surface area contributed by atoms with Gasteiger partial charge in [0, 0.05) is 18.6 Å². The minimum Gasteiger partial charge on any atom is -0.468 e. The highest BCUT2D eigenvalue weighted by atomic mass is 16.3. The SMILES string of the molecule is Cc1cccc(C(CN)N(Cc2ccco2)C2CC2)c1. The Balaban J connectivity index is 1.84. The number of nitrogens with two attached hydrogens (primary N) is 1. The van der Waals surface area contributed by atoms with Crippen LogP contribution in [0.3, 0.4) is 0 Å². The molecule has 0 saturated heterocycles. The zero-order chi connectivity index (χ0) is 13.9. The van der Waals surface area contributed by atoms with Gasteiger partial charge in [0.15, 0.2) is 0 Å². The summed E-state index contributed by atoms with van der Waals surface area (Å²) in [5, 5.41) is 0. The van der Waals surface area contributed by atoms with Gasteiger partial charge in [-0.25, -0.2) is 0 Å². The van der Waals surface area contributed by atoms with E-state index in [0.29, 0.717) is 12.6 Å². The Morgan fingerprint density at radius 2 is 2.15 bits per heavy atom. The van der Waals surface area contributed by atoms with E-state index >= 15 is 0 Å². The molecule has 1 heterocycles. The molecule has 1 aliphatic rings. The Bertz CT molecular complexity index is 546. The van der Waals surface area contributed by atoms with Crippen molar-refractivity contribution < 1.29 is 4.42 Å². The van der Waals surface area contributed by atoms with E-state index in [-0.39, 0.29) is 6.04 Å². The Morgan fingerprint density at radius 3 is 2.75 bits per heavy atom. The fourth-order valence-corrected chi connectivity index (χ4v) is 2.82. The number of hydrogen-bond donors (Lipinski definition) is 1. The van der Waals surface area contributed by atoms with Crippen molar-refractivity contribution in [1.82, 2.24) is 4.90 Å². The normalized spacial score (nSPS) is 16.6. The molecule has 0 aliphatic heterocycles. The molecule has 2 N–H and O–H groups in total. The average molecular weight is 270 g/mol. The molecule has 1 aromatic carbocycles. The fraction of sp³-hybridized carbons (Fsp3) is 0.412. The number of aryl methyl sites for hydroxylation is 1. The van der Waals surface area contributed by atoms with Crippen LogP contribution < -0.4 is 5.73 Å². The van der Waals surface area contributed by atoms with E-state index in [4.69, 9.17) is 10.2 Å². The summed E-state index contributed by atoms with van der Waals surface area (Å²) in [6.07, 6.45) is 4.27. The van der Waals surface area contributed by atoms with E-state index in [0.717, 1.165) is 12.3 Å². The molecule has 3 nitrogen and oxygen atoms in total. The molecule has 1 fully saturated rings. The van der Waals surface area contributed by atoms with Gasteiger partial charge in [0.05, 0.1) is 12.8 Å². The topological polar surface area (TPSA) is 42.4 Å². The van der Waals surface area contributed by atoms with Gasteiger partial charge >= 0.3 is 0 Å². The predicted molar refractivity (Wildman–Crippen MR) is 80.2 cm³/mol. The third-order valence-electron chi connectivity index (χ3n) is 3.98. The van der Waals surface area contributed by atoms with E-state index in [1.165, 1.54) is 24.0 Å². The Labute approximate surface area is 120 Å². The first-order valence-corrected chi connectivity index (χ1v) is 7.32. The van der Waals surface area contributed by atoms with E-state index in [1.807, 2.05) is 12.1 Å². The molecular formula is C17H22N2O. The summed E-state index contributed by atoms with van der Waals surface area (Å²) in [6, 6.07) is 13.6. The second-order valence-electron chi connectivity index (χ2n) is 5.65. The first kappa shape index (κ1) is 13.4. The fourth-order valence-electron chi connectivity index (χ4n) is 2.82. The molecule has 106 valence electrons. The molecule has 0 radical (unpaired) electrons. The van der Waals surface area contributed by atoms with E-state index in [9.17, 15) is 0 Å². The summed E-state index contributed by atoms with van der Waals surface area (Å²) in [7, 11) is 0. The Morgan fingerprint density at radius 1 is 1.30 bits per heavy atom. The molecule has 3 rings (SSSR count). The van der Waals surface area contributed by atoms with Gasteiger partial charge in [-0.1, -0.05) is 29.8 Å². The number of hydrogen-bond acceptors (Lipinski definition) is 3. The van der Waals surface area contributed by atoms with Crippen molar-refractivity contribution in [3.8, 4) is 0 Å². The average Bonchev–Trinajstić information content (AvgIpc) is 3.16. The molecule has 1 aromatic heterocycles. The van der Waals surface area contributed by atoms with Gasteiger partial charge < -0.3 is 10.2 Å². The van der Waals surface area contributed by atoms with Gasteiger partial charge in [0.1, 0.15) is 5.76 Å². The van der Waals surface area contributed by atoms with Crippen LogP contribution in [0.1, 0.15) is 35.8 Å². The van der Waals surface area contributed by atoms with Gasteiger partial charge in [0.2, 0.25) is 0 Å². The van der Waals surface area contributed by atoms with Gasteiger partial charge in [-0.05, 0) is 37.5 Å². The second kappa shape index (κ2) is 5.81. The molecular weight excluding hydrogens is 248 g/mol. The van der Waals surface area contributed by atoms with Gasteiger partial charge in [0.25, 0.3) is 0 Å². The van der Waals surface area contributed by atoms with Crippen LogP contribution in [0.15, 0.2) is 47.1 Å². The summed E-state index contributed by atoms with van der Waals surface area (Å²) in [6.45, 7) is 3.61. The lowest BCUT2D eigenvalue weighted by Crippen LogP contribution is -2.35. The van der Waals surface area contributed by atoms with Crippen LogP contribution >= 0.6 is 0 Å². The van der Waals surface area contributed by atoms with Crippen molar-refractivity contribution in [1.29, 1.82) is 0 Å². The minimum atomic E-state index is 0.271. The predicted octanol–water partition coefficient (Wildman–Crippen LogP) is 3.25. The van der Waals surface area contributed by atoms with Crippen LogP contribution in [0.25, 0.3) is 0 Å². The Kier molecular flexibility index (Phi) is 3.90. The van der Waals surface area contributed by atoms with Crippen molar-refractivity contribution in [2.24, 2.45) is 5.73 Å². The van der Waals surface area contributed by atoms with Gasteiger partial charge in [-0.15, -0.1) is 0 Å². The lowest BCUT2D eigenvalue weighted by atomic mass is 10.0. The summed E-state index contributed by atoms with van der Waals surface area (Å²) in [5.41, 5.74) is 8.68. The highest BCUT2D eigenvalue weighted by molar-refractivity contribution is 5.26. The van der Waals surface area contributed by atoms with Crippen LogP contribution in [-0.2, 0) is 6.54 Å². The molecule has 1 aliphatic carbocycles. The molecule has 0 bridgehead atoms. The smallest absolute Gasteiger partial charge is 0.117 e. The quantitative estimate of drug-likeness (QED) is 0.876. The Hall–Kier alpha value is -1.58. The minimum absolute atomic E-state index is 0.271. The maximum absolute atomic E-state index is 6.08. The summed E-state index contributed by atoms with van der Waals surface area (Å²) >= 11 is 0. The van der Waals surface area contributed by atoms with E-state index in [2.05, 4.69) is 36.1 Å². The maximum Gasteiger partial charge on any atom is 0.117 e. The summed E-state index contributed by atoms with van der Waals surface area (Å²) < 4.78 is 5.51. The van der Waals surface area contributed by atoms with Crippen LogP contribution in [0.4, 0.5) is 0 Å². The molecule has 20 heavy (non-hydrogen) atoms. The van der Waals surface area contributed by atoms with Crippen molar-refractivity contribution in [3.05, 3.63) is 59.5 Å². The highest BCUT2D eigenvalue weighted by Gasteiger charge is 2.34. The molecule has 0 spiro atoms. The molecule has 1 atom stereocenters. The molecule has 2 aromatic rings. The number of rotatable bonds is 6. The maximum atomic E-state index is 6.08. The van der Waals surface area contributed by atoms with Crippen LogP contribution in [-0.4, -0.2) is 17.5 Å². The zero-order valence-electron chi connectivity index (χ0n) is 12.0. The molecule has 1 unspecified atom stereocenters. The summed E-state index contributed by atoms with van der Waals surface area (Å²) in [4.78, 5) is 2.49. The summed E-state index contributed by atoms with van der Waals surface area (Å²) in [5.74, 6) is 1.02. The molecule has 3 heteroatoms. The van der Waals surface area contributed by atoms with E-state index < -0.39 is 0 Å². The number of furan rings is 1. The van der Waals surface area contributed by atoms with Crippen molar-refractivity contribution >= 4 is 0 Å². The van der Waals surface area contributed by atoms with E-state index in [1.54, 1.807) is 6.26 Å². The van der Waals surface area contributed by atoms with Crippen LogP contribution in [0.5, 0.6) is 0 Å². The molecule has 0 amide bonds. The third-order valence-corrected chi connectivity index (χ3v) is 3.98. The second-order valence-corrected chi connectivity index (χ2v) is 5.65. The third kappa shape index (κ3) is 2.94. The van der Waals surface area contributed by atoms with Crippen molar-refractivity contribution in [2.45, 2.75) is 38.4 Å². The zero-order valence-corrected chi connectivity index (χ0v) is 12.0. The van der Waals surface area contributed by atoms with Gasteiger partial charge in [-0.2, -0.15) is 0 Å². The highest BCUT2D eigenvalue weighted by Crippen LogP contribution is 2.35. The first-order chi connectivity index (χ1) is 9.78. The lowest BCUT2D eigenvalue weighted by molar-refractivity contribution is 0.168. The lowest BCUT2D eigenvalue weighted by Gasteiger charge is -2.31. The first-order valence-electron chi connectivity index (χ1n) is 7.32. The molecule has 1 saturated carbocycles. The monoisotopic (exact) mass is 270 g/mol. The van der Waals surface area contributed by atoms with Gasteiger partial charge in [-0.3, -0.25) is 4.90 Å².